The molecule has 0 amide bonds. The van der Waals surface area contributed by atoms with Crippen molar-refractivity contribution in [2.45, 2.75) is 52.6 Å². The van der Waals surface area contributed by atoms with Gasteiger partial charge in [0.15, 0.2) is 0 Å². The van der Waals surface area contributed by atoms with Crippen molar-refractivity contribution in [3.63, 3.8) is 0 Å². The predicted octanol–water partition coefficient (Wildman–Crippen LogP) is 2.86. The third kappa shape index (κ3) is 3.45. The summed E-state index contributed by atoms with van der Waals surface area (Å²) >= 11 is 0. The highest BCUT2D eigenvalue weighted by Crippen LogP contribution is 2.31. The van der Waals surface area contributed by atoms with Gasteiger partial charge in [-0.1, -0.05) is 13.8 Å². The normalized spacial score (nSPS) is 15.2. The molecular weight excluding hydrogens is 222 g/mol. The number of rotatable bonds is 6. The van der Waals surface area contributed by atoms with Gasteiger partial charge in [0.2, 0.25) is 0 Å². The largest absolute Gasteiger partial charge is 0.354 e. The van der Waals surface area contributed by atoms with E-state index in [9.17, 15) is 0 Å². The first-order chi connectivity index (χ1) is 8.60. The van der Waals surface area contributed by atoms with Crippen LogP contribution in [0.25, 0.3) is 0 Å². The molecule has 3 nitrogen and oxygen atoms in total. The maximum atomic E-state index is 5.76. The van der Waals surface area contributed by atoms with E-state index in [-0.39, 0.29) is 0 Å². The number of anilines is 1. The maximum Gasteiger partial charge on any atom is 0.129 e. The highest BCUT2D eigenvalue weighted by molar-refractivity contribution is 5.45. The van der Waals surface area contributed by atoms with Crippen LogP contribution in [-0.4, -0.2) is 17.6 Å². The molecule has 2 rings (SSSR count). The molecule has 1 aliphatic carbocycles. The van der Waals surface area contributed by atoms with Crippen molar-refractivity contribution in [1.29, 1.82) is 0 Å². The highest BCUT2D eigenvalue weighted by Gasteiger charge is 2.30. The lowest BCUT2D eigenvalue weighted by atomic mass is 10.1. The van der Waals surface area contributed by atoms with Crippen LogP contribution in [0.5, 0.6) is 0 Å². The van der Waals surface area contributed by atoms with E-state index in [0.29, 0.717) is 12.6 Å². The standard InChI is InChI=1S/C15H25N3/c1-11(2)6-7-18(14-4-5-14)15-9-13(10-16)8-12(3)17-15/h8-9,11,14H,4-7,10,16H2,1-3H3. The number of hydrogen-bond donors (Lipinski definition) is 1. The molecule has 100 valence electrons. The molecule has 0 radical (unpaired) electrons. The fourth-order valence-electron chi connectivity index (χ4n) is 2.25. The molecular formula is C15H25N3. The van der Waals surface area contributed by atoms with Crippen LogP contribution in [0.1, 0.15) is 44.4 Å². The molecule has 1 aromatic heterocycles. The van der Waals surface area contributed by atoms with Crippen molar-refractivity contribution in [1.82, 2.24) is 4.98 Å². The Morgan fingerprint density at radius 2 is 2.11 bits per heavy atom. The first-order valence-electron chi connectivity index (χ1n) is 7.04. The van der Waals surface area contributed by atoms with Gasteiger partial charge in [-0.15, -0.1) is 0 Å². The van der Waals surface area contributed by atoms with E-state index in [1.807, 2.05) is 0 Å². The minimum absolute atomic E-state index is 0.596. The molecule has 1 saturated carbocycles. The second kappa shape index (κ2) is 5.70. The molecule has 0 aliphatic heterocycles. The summed E-state index contributed by atoms with van der Waals surface area (Å²) < 4.78 is 0. The number of hydrogen-bond acceptors (Lipinski definition) is 3. The summed E-state index contributed by atoms with van der Waals surface area (Å²) in [7, 11) is 0. The van der Waals surface area contributed by atoms with Gasteiger partial charge in [-0.25, -0.2) is 4.98 Å². The molecule has 0 unspecified atom stereocenters. The Kier molecular flexibility index (Phi) is 4.23. The van der Waals surface area contributed by atoms with Gasteiger partial charge in [0.05, 0.1) is 0 Å². The number of pyridine rings is 1. The highest BCUT2D eigenvalue weighted by atomic mass is 15.2. The maximum absolute atomic E-state index is 5.76. The van der Waals surface area contributed by atoms with Crippen LogP contribution in [0.4, 0.5) is 5.82 Å². The minimum atomic E-state index is 0.596. The minimum Gasteiger partial charge on any atom is -0.354 e. The van der Waals surface area contributed by atoms with E-state index in [2.05, 4.69) is 37.8 Å². The van der Waals surface area contributed by atoms with Gasteiger partial charge in [0.1, 0.15) is 5.82 Å². The summed E-state index contributed by atoms with van der Waals surface area (Å²) in [6.45, 7) is 8.32. The third-order valence-corrected chi connectivity index (χ3v) is 3.46. The van der Waals surface area contributed by atoms with Crippen molar-refractivity contribution in [3.05, 3.63) is 23.4 Å². The van der Waals surface area contributed by atoms with E-state index in [1.54, 1.807) is 0 Å². The zero-order valence-corrected chi connectivity index (χ0v) is 11.8. The number of nitrogens with zero attached hydrogens (tertiary/aromatic N) is 2. The van der Waals surface area contributed by atoms with Crippen LogP contribution in [0, 0.1) is 12.8 Å². The van der Waals surface area contributed by atoms with E-state index in [1.165, 1.54) is 24.8 Å². The van der Waals surface area contributed by atoms with Crippen molar-refractivity contribution in [2.24, 2.45) is 11.7 Å². The molecule has 1 heterocycles. The summed E-state index contributed by atoms with van der Waals surface area (Å²) in [6.07, 6.45) is 3.85. The smallest absolute Gasteiger partial charge is 0.129 e. The summed E-state index contributed by atoms with van der Waals surface area (Å²) in [5, 5.41) is 0. The lowest BCUT2D eigenvalue weighted by molar-refractivity contribution is 0.568. The molecule has 2 N–H and O–H groups in total. The lowest BCUT2D eigenvalue weighted by Gasteiger charge is -2.25. The molecule has 1 aromatic rings. The van der Waals surface area contributed by atoms with Crippen LogP contribution < -0.4 is 10.6 Å². The van der Waals surface area contributed by atoms with Gasteiger partial charge >= 0.3 is 0 Å². The summed E-state index contributed by atoms with van der Waals surface area (Å²) in [5.74, 6) is 1.86. The van der Waals surface area contributed by atoms with Crippen molar-refractivity contribution < 1.29 is 0 Å². The van der Waals surface area contributed by atoms with Crippen LogP contribution in [0.3, 0.4) is 0 Å². The zero-order chi connectivity index (χ0) is 13.1. The summed E-state index contributed by atoms with van der Waals surface area (Å²) in [5.41, 5.74) is 8.02. The van der Waals surface area contributed by atoms with E-state index in [4.69, 9.17) is 10.7 Å². The van der Waals surface area contributed by atoms with Gasteiger partial charge in [0, 0.05) is 24.8 Å². The van der Waals surface area contributed by atoms with Gasteiger partial charge in [-0.05, 0) is 49.8 Å². The first kappa shape index (κ1) is 13.3. The van der Waals surface area contributed by atoms with Gasteiger partial charge in [-0.3, -0.25) is 0 Å². The number of aryl methyl sites for hydroxylation is 1. The summed E-state index contributed by atoms with van der Waals surface area (Å²) in [4.78, 5) is 7.17. The SMILES string of the molecule is Cc1cc(CN)cc(N(CCC(C)C)C2CC2)n1. The first-order valence-corrected chi connectivity index (χ1v) is 7.04. The topological polar surface area (TPSA) is 42.1 Å². The predicted molar refractivity (Wildman–Crippen MR) is 76.7 cm³/mol. The molecule has 0 aromatic carbocycles. The van der Waals surface area contributed by atoms with Crippen molar-refractivity contribution in [3.8, 4) is 0 Å². The van der Waals surface area contributed by atoms with Gasteiger partial charge < -0.3 is 10.6 Å². The molecule has 0 spiro atoms. The zero-order valence-electron chi connectivity index (χ0n) is 11.8. The fourth-order valence-corrected chi connectivity index (χ4v) is 2.25. The van der Waals surface area contributed by atoms with Gasteiger partial charge in [-0.2, -0.15) is 0 Å². The lowest BCUT2D eigenvalue weighted by Crippen LogP contribution is -2.29. The molecule has 0 atom stereocenters. The fraction of sp³-hybridized carbons (Fsp3) is 0.667. The van der Waals surface area contributed by atoms with Crippen LogP contribution in [0.15, 0.2) is 12.1 Å². The second-order valence-electron chi connectivity index (χ2n) is 5.79. The average molecular weight is 247 g/mol. The van der Waals surface area contributed by atoms with Crippen LogP contribution in [-0.2, 0) is 6.54 Å². The Morgan fingerprint density at radius 1 is 1.39 bits per heavy atom. The molecule has 0 saturated heterocycles. The Bertz CT molecular complexity index is 397. The van der Waals surface area contributed by atoms with Crippen LogP contribution >= 0.6 is 0 Å². The van der Waals surface area contributed by atoms with Crippen LogP contribution in [0.2, 0.25) is 0 Å². The number of aromatic nitrogens is 1. The quantitative estimate of drug-likeness (QED) is 0.840. The van der Waals surface area contributed by atoms with E-state index in [0.717, 1.165) is 24.0 Å². The molecule has 18 heavy (non-hydrogen) atoms. The summed E-state index contributed by atoms with van der Waals surface area (Å²) in [6, 6.07) is 4.95. The third-order valence-electron chi connectivity index (χ3n) is 3.46. The monoisotopic (exact) mass is 247 g/mol. The number of nitrogens with two attached hydrogens (primary N) is 1. The van der Waals surface area contributed by atoms with E-state index < -0.39 is 0 Å². The Morgan fingerprint density at radius 3 is 2.67 bits per heavy atom. The molecule has 1 fully saturated rings. The van der Waals surface area contributed by atoms with Crippen molar-refractivity contribution >= 4 is 5.82 Å². The van der Waals surface area contributed by atoms with Crippen molar-refractivity contribution in [2.75, 3.05) is 11.4 Å². The van der Waals surface area contributed by atoms with Gasteiger partial charge in [0.25, 0.3) is 0 Å². The average Bonchev–Trinajstić information content (AvgIpc) is 3.12. The Balaban J connectivity index is 2.16. The molecule has 0 bridgehead atoms. The Labute approximate surface area is 110 Å². The Hall–Kier alpha value is -1.09. The molecule has 1 aliphatic rings. The molecule has 3 heteroatoms. The second-order valence-corrected chi connectivity index (χ2v) is 5.79. The van der Waals surface area contributed by atoms with E-state index >= 15 is 0 Å².